The van der Waals surface area contributed by atoms with Crippen LogP contribution < -0.4 is 24.8 Å². The summed E-state index contributed by atoms with van der Waals surface area (Å²) in [5, 5.41) is 6.29. The van der Waals surface area contributed by atoms with Crippen LogP contribution in [0.3, 0.4) is 0 Å². The predicted octanol–water partition coefficient (Wildman–Crippen LogP) is 3.21. The van der Waals surface area contributed by atoms with E-state index in [1.165, 1.54) is 13.2 Å². The molecule has 0 spiro atoms. The fourth-order valence-corrected chi connectivity index (χ4v) is 2.64. The molecule has 2 N–H and O–H groups in total. The average molecular weight is 393 g/mol. The molecule has 2 aromatic carbocycles. The van der Waals surface area contributed by atoms with Crippen molar-refractivity contribution in [3.63, 3.8) is 0 Å². The van der Waals surface area contributed by atoms with E-state index in [2.05, 4.69) is 20.4 Å². The maximum Gasteiger partial charge on any atom is 0.387 e. The fraction of sp³-hybridized carbons (Fsp3) is 0.350. The van der Waals surface area contributed by atoms with E-state index in [0.717, 1.165) is 17.7 Å². The molecule has 2 aromatic rings. The van der Waals surface area contributed by atoms with Gasteiger partial charge in [-0.05, 0) is 30.2 Å². The van der Waals surface area contributed by atoms with Gasteiger partial charge in [0.25, 0.3) is 0 Å². The first-order valence-electron chi connectivity index (χ1n) is 8.75. The van der Waals surface area contributed by atoms with Gasteiger partial charge in [-0.15, -0.1) is 0 Å². The van der Waals surface area contributed by atoms with Crippen LogP contribution in [0.15, 0.2) is 47.5 Å². The van der Waals surface area contributed by atoms with Crippen molar-refractivity contribution in [1.82, 2.24) is 10.6 Å². The number of nitrogens with zero attached hydrogens (tertiary/aromatic N) is 1. The van der Waals surface area contributed by atoms with Crippen molar-refractivity contribution < 1.29 is 23.0 Å². The van der Waals surface area contributed by atoms with Crippen molar-refractivity contribution in [2.75, 3.05) is 27.8 Å². The van der Waals surface area contributed by atoms with Gasteiger partial charge in [0.2, 0.25) is 0 Å². The highest BCUT2D eigenvalue weighted by Crippen LogP contribution is 2.26. The van der Waals surface area contributed by atoms with Crippen molar-refractivity contribution in [1.29, 1.82) is 0 Å². The van der Waals surface area contributed by atoms with Crippen LogP contribution in [0.25, 0.3) is 0 Å². The Morgan fingerprint density at radius 1 is 1.00 bits per heavy atom. The van der Waals surface area contributed by atoms with Gasteiger partial charge in [-0.1, -0.05) is 18.2 Å². The van der Waals surface area contributed by atoms with Gasteiger partial charge in [0, 0.05) is 31.8 Å². The Morgan fingerprint density at radius 2 is 1.79 bits per heavy atom. The number of aliphatic imine (C=N–C) groups is 1. The lowest BCUT2D eigenvalue weighted by molar-refractivity contribution is -0.0505. The van der Waals surface area contributed by atoms with Gasteiger partial charge < -0.3 is 24.8 Å². The Hall–Kier alpha value is -3.03. The molecule has 0 radical (unpaired) electrons. The van der Waals surface area contributed by atoms with E-state index in [0.29, 0.717) is 23.8 Å². The lowest BCUT2D eigenvalue weighted by atomic mass is 10.1. The van der Waals surface area contributed by atoms with Gasteiger partial charge >= 0.3 is 6.61 Å². The number of alkyl halides is 2. The van der Waals surface area contributed by atoms with E-state index in [1.807, 2.05) is 24.3 Å². The van der Waals surface area contributed by atoms with E-state index >= 15 is 0 Å². The molecule has 6 nitrogen and oxygen atoms in total. The van der Waals surface area contributed by atoms with Gasteiger partial charge in [-0.3, -0.25) is 4.99 Å². The molecule has 0 aliphatic heterocycles. The molecular formula is C20H25F2N3O3. The van der Waals surface area contributed by atoms with Crippen LogP contribution >= 0.6 is 0 Å². The Bertz CT molecular complexity index is 785. The first kappa shape index (κ1) is 21.3. The molecule has 0 heterocycles. The highest BCUT2D eigenvalue weighted by atomic mass is 19.3. The maximum absolute atomic E-state index is 12.7. The summed E-state index contributed by atoms with van der Waals surface area (Å²) in [6.45, 7) is -2.02. The first-order valence-corrected chi connectivity index (χ1v) is 8.75. The summed E-state index contributed by atoms with van der Waals surface area (Å²) in [5.74, 6) is 1.89. The van der Waals surface area contributed by atoms with Crippen LogP contribution in [-0.4, -0.2) is 40.4 Å². The molecule has 0 atom stereocenters. The maximum atomic E-state index is 12.7. The van der Waals surface area contributed by atoms with Crippen molar-refractivity contribution >= 4 is 5.96 Å². The molecule has 0 bridgehead atoms. The largest absolute Gasteiger partial charge is 0.497 e. The highest BCUT2D eigenvalue weighted by molar-refractivity contribution is 5.79. The number of ether oxygens (including phenoxy) is 3. The fourth-order valence-electron chi connectivity index (χ4n) is 2.64. The summed E-state index contributed by atoms with van der Waals surface area (Å²) >= 11 is 0. The van der Waals surface area contributed by atoms with Crippen LogP contribution in [0.4, 0.5) is 8.78 Å². The number of methoxy groups -OCH3 is 2. The molecule has 8 heteroatoms. The molecule has 0 saturated carbocycles. The Labute approximate surface area is 163 Å². The molecule has 0 aromatic heterocycles. The summed E-state index contributed by atoms with van der Waals surface area (Å²) < 4.78 is 40.3. The number of guanidine groups is 1. The zero-order valence-corrected chi connectivity index (χ0v) is 16.2. The van der Waals surface area contributed by atoms with E-state index in [9.17, 15) is 8.78 Å². The summed E-state index contributed by atoms with van der Waals surface area (Å²) in [6.07, 6.45) is 0.743. The minimum absolute atomic E-state index is 0.0614. The number of rotatable bonds is 9. The monoisotopic (exact) mass is 393 g/mol. The second-order valence-corrected chi connectivity index (χ2v) is 5.77. The third-order valence-corrected chi connectivity index (χ3v) is 4.04. The molecule has 0 aliphatic rings. The lowest BCUT2D eigenvalue weighted by Crippen LogP contribution is -2.38. The van der Waals surface area contributed by atoms with E-state index in [4.69, 9.17) is 9.47 Å². The van der Waals surface area contributed by atoms with Crippen molar-refractivity contribution in [3.8, 4) is 17.2 Å². The lowest BCUT2D eigenvalue weighted by Gasteiger charge is -2.15. The number of hydrogen-bond acceptors (Lipinski definition) is 4. The number of para-hydroxylation sites is 1. The SMILES string of the molecule is CN=C(NCCc1ccccc1OC)NCc1ccc(OC)cc1OC(F)F. The molecule has 2 rings (SSSR count). The smallest absolute Gasteiger partial charge is 0.387 e. The third kappa shape index (κ3) is 6.29. The highest BCUT2D eigenvalue weighted by Gasteiger charge is 2.12. The number of hydrogen-bond donors (Lipinski definition) is 2. The van der Waals surface area contributed by atoms with Crippen LogP contribution in [0.2, 0.25) is 0 Å². The standard InChI is InChI=1S/C20H25F2N3O3/c1-23-20(24-11-10-14-6-4-5-7-17(14)27-3)25-13-15-8-9-16(26-2)12-18(15)28-19(21)22/h4-9,12,19H,10-11,13H2,1-3H3,(H2,23,24,25). The van der Waals surface area contributed by atoms with Gasteiger partial charge in [-0.2, -0.15) is 8.78 Å². The van der Waals surface area contributed by atoms with Gasteiger partial charge in [-0.25, -0.2) is 0 Å². The quantitative estimate of drug-likeness (QED) is 0.506. The molecule has 0 saturated heterocycles. The Balaban J connectivity index is 1.93. The predicted molar refractivity (Wildman–Crippen MR) is 105 cm³/mol. The van der Waals surface area contributed by atoms with Crippen molar-refractivity contribution in [2.24, 2.45) is 4.99 Å². The number of halogens is 2. The average Bonchev–Trinajstić information content (AvgIpc) is 2.71. The third-order valence-electron chi connectivity index (χ3n) is 4.04. The number of nitrogens with one attached hydrogen (secondary N) is 2. The van der Waals surface area contributed by atoms with Crippen LogP contribution in [0.1, 0.15) is 11.1 Å². The minimum Gasteiger partial charge on any atom is -0.497 e. The Kier molecular flexibility index (Phi) is 8.33. The summed E-state index contributed by atoms with van der Waals surface area (Å²) in [5.41, 5.74) is 1.64. The topological polar surface area (TPSA) is 64.1 Å². The molecular weight excluding hydrogens is 368 g/mol. The molecule has 0 fully saturated rings. The molecule has 28 heavy (non-hydrogen) atoms. The number of benzene rings is 2. The van der Waals surface area contributed by atoms with Gasteiger partial charge in [0.15, 0.2) is 5.96 Å². The summed E-state index contributed by atoms with van der Waals surface area (Å²) in [6, 6.07) is 12.6. The zero-order valence-electron chi connectivity index (χ0n) is 16.2. The van der Waals surface area contributed by atoms with Crippen molar-refractivity contribution in [3.05, 3.63) is 53.6 Å². The molecule has 152 valence electrons. The second kappa shape index (κ2) is 11.0. The minimum atomic E-state index is -2.91. The Morgan fingerprint density at radius 3 is 2.46 bits per heavy atom. The molecule has 0 aliphatic carbocycles. The van der Waals surface area contributed by atoms with Crippen LogP contribution in [0.5, 0.6) is 17.2 Å². The van der Waals surface area contributed by atoms with Crippen LogP contribution in [0, 0.1) is 0 Å². The van der Waals surface area contributed by atoms with Crippen LogP contribution in [-0.2, 0) is 13.0 Å². The normalized spacial score (nSPS) is 11.3. The van der Waals surface area contributed by atoms with E-state index in [1.54, 1.807) is 26.3 Å². The van der Waals surface area contributed by atoms with Gasteiger partial charge in [0.1, 0.15) is 17.2 Å². The van der Waals surface area contributed by atoms with Crippen molar-refractivity contribution in [2.45, 2.75) is 19.6 Å². The second-order valence-electron chi connectivity index (χ2n) is 5.77. The van der Waals surface area contributed by atoms with E-state index in [-0.39, 0.29) is 12.3 Å². The van der Waals surface area contributed by atoms with Gasteiger partial charge in [0.05, 0.1) is 14.2 Å². The summed E-state index contributed by atoms with van der Waals surface area (Å²) in [4.78, 5) is 4.15. The van der Waals surface area contributed by atoms with E-state index < -0.39 is 6.61 Å². The first-order chi connectivity index (χ1) is 13.6. The zero-order chi connectivity index (χ0) is 20.4. The summed E-state index contributed by atoms with van der Waals surface area (Å²) in [7, 11) is 4.75. The molecule has 0 unspecified atom stereocenters. The molecule has 0 amide bonds.